The molecule has 3 aromatic rings. The Kier molecular flexibility index (Phi) is 2.41. The number of hydrogen-bond donors (Lipinski definition) is 0. The standard InChI is InChI=1S/C15H12ClN/c1-17-9-8-12-10-11(6-7-15(12)17)13-4-2-3-5-14(13)16/h2-10H,1H3. The maximum absolute atomic E-state index is 6.21. The fourth-order valence-corrected chi connectivity index (χ4v) is 2.39. The number of benzene rings is 2. The SMILES string of the molecule is Cn1ccc2cc(-c3ccccc3Cl)ccc21. The molecule has 0 radical (unpaired) electrons. The summed E-state index contributed by atoms with van der Waals surface area (Å²) >= 11 is 6.21. The van der Waals surface area contributed by atoms with Gasteiger partial charge in [0, 0.05) is 34.7 Å². The molecule has 0 N–H and O–H groups in total. The Morgan fingerprint density at radius 1 is 1.00 bits per heavy atom. The zero-order valence-corrected chi connectivity index (χ0v) is 10.3. The summed E-state index contributed by atoms with van der Waals surface area (Å²) in [5.41, 5.74) is 3.48. The molecule has 17 heavy (non-hydrogen) atoms. The number of hydrogen-bond acceptors (Lipinski definition) is 0. The van der Waals surface area contributed by atoms with Crippen LogP contribution in [0, 0.1) is 0 Å². The second-order valence-corrected chi connectivity index (χ2v) is 4.59. The summed E-state index contributed by atoms with van der Waals surface area (Å²) in [6.07, 6.45) is 2.07. The average Bonchev–Trinajstić information content (AvgIpc) is 2.71. The molecule has 0 fully saturated rings. The second-order valence-electron chi connectivity index (χ2n) is 4.18. The van der Waals surface area contributed by atoms with Gasteiger partial charge in [0.05, 0.1) is 0 Å². The van der Waals surface area contributed by atoms with Gasteiger partial charge in [-0.05, 0) is 29.8 Å². The Labute approximate surface area is 105 Å². The van der Waals surface area contributed by atoms with Gasteiger partial charge in [0.2, 0.25) is 0 Å². The lowest BCUT2D eigenvalue weighted by atomic mass is 10.0. The minimum Gasteiger partial charge on any atom is -0.351 e. The molecule has 0 bridgehead atoms. The lowest BCUT2D eigenvalue weighted by Crippen LogP contribution is -1.84. The van der Waals surface area contributed by atoms with E-state index in [9.17, 15) is 0 Å². The van der Waals surface area contributed by atoms with Crippen LogP contribution >= 0.6 is 11.6 Å². The van der Waals surface area contributed by atoms with Crippen LogP contribution in [0.1, 0.15) is 0 Å². The first-order chi connectivity index (χ1) is 8.25. The molecule has 0 atom stereocenters. The van der Waals surface area contributed by atoms with Crippen LogP contribution in [0.15, 0.2) is 54.7 Å². The molecular formula is C15H12ClN. The third-order valence-electron chi connectivity index (χ3n) is 3.07. The molecule has 2 heteroatoms. The van der Waals surface area contributed by atoms with E-state index < -0.39 is 0 Å². The minimum atomic E-state index is 0.794. The zero-order valence-electron chi connectivity index (χ0n) is 9.52. The van der Waals surface area contributed by atoms with E-state index in [1.165, 1.54) is 10.9 Å². The van der Waals surface area contributed by atoms with Crippen LogP contribution in [0.2, 0.25) is 5.02 Å². The Balaban J connectivity index is 2.22. The highest BCUT2D eigenvalue weighted by Gasteiger charge is 2.04. The van der Waals surface area contributed by atoms with E-state index in [2.05, 4.69) is 42.1 Å². The van der Waals surface area contributed by atoms with Crippen LogP contribution < -0.4 is 0 Å². The van der Waals surface area contributed by atoms with Crippen molar-refractivity contribution in [1.82, 2.24) is 4.57 Å². The molecule has 1 nitrogen and oxygen atoms in total. The molecule has 1 aromatic heterocycles. The van der Waals surface area contributed by atoms with Gasteiger partial charge in [0.1, 0.15) is 0 Å². The predicted octanol–water partition coefficient (Wildman–Crippen LogP) is 4.50. The van der Waals surface area contributed by atoms with E-state index in [4.69, 9.17) is 11.6 Å². The number of nitrogens with zero attached hydrogens (tertiary/aromatic N) is 1. The van der Waals surface area contributed by atoms with Crippen molar-refractivity contribution in [2.24, 2.45) is 7.05 Å². The zero-order chi connectivity index (χ0) is 11.8. The van der Waals surface area contributed by atoms with Gasteiger partial charge >= 0.3 is 0 Å². The van der Waals surface area contributed by atoms with E-state index in [1.54, 1.807) is 0 Å². The predicted molar refractivity (Wildman–Crippen MR) is 73.4 cm³/mol. The summed E-state index contributed by atoms with van der Waals surface area (Å²) in [5.74, 6) is 0. The van der Waals surface area contributed by atoms with E-state index in [0.717, 1.165) is 16.1 Å². The monoisotopic (exact) mass is 241 g/mol. The number of fused-ring (bicyclic) bond motifs is 1. The van der Waals surface area contributed by atoms with Crippen LogP contribution in [0.3, 0.4) is 0 Å². The Hall–Kier alpha value is -1.73. The van der Waals surface area contributed by atoms with Gasteiger partial charge in [-0.15, -0.1) is 0 Å². The van der Waals surface area contributed by atoms with Gasteiger partial charge in [0.25, 0.3) is 0 Å². The molecule has 3 rings (SSSR count). The lowest BCUT2D eigenvalue weighted by molar-refractivity contribution is 0.969. The molecule has 0 saturated heterocycles. The maximum atomic E-state index is 6.21. The lowest BCUT2D eigenvalue weighted by Gasteiger charge is -2.05. The molecule has 0 saturated carbocycles. The van der Waals surface area contributed by atoms with Crippen molar-refractivity contribution in [1.29, 1.82) is 0 Å². The van der Waals surface area contributed by atoms with Crippen molar-refractivity contribution < 1.29 is 0 Å². The number of aromatic nitrogens is 1. The van der Waals surface area contributed by atoms with E-state index in [1.807, 2.05) is 24.3 Å². The molecule has 0 spiro atoms. The molecule has 0 aliphatic heterocycles. The summed E-state index contributed by atoms with van der Waals surface area (Å²) in [4.78, 5) is 0. The summed E-state index contributed by atoms with van der Waals surface area (Å²) in [5, 5.41) is 2.03. The van der Waals surface area contributed by atoms with Crippen LogP contribution in [0.25, 0.3) is 22.0 Å². The Morgan fingerprint density at radius 2 is 1.82 bits per heavy atom. The first-order valence-electron chi connectivity index (χ1n) is 5.56. The molecule has 0 aliphatic carbocycles. The smallest absolute Gasteiger partial charge is 0.0484 e. The molecule has 2 aromatic carbocycles. The highest BCUT2D eigenvalue weighted by atomic mass is 35.5. The van der Waals surface area contributed by atoms with Gasteiger partial charge in [-0.2, -0.15) is 0 Å². The van der Waals surface area contributed by atoms with Crippen molar-refractivity contribution in [2.75, 3.05) is 0 Å². The van der Waals surface area contributed by atoms with Crippen molar-refractivity contribution in [3.63, 3.8) is 0 Å². The summed E-state index contributed by atoms with van der Waals surface area (Å²) in [6, 6.07) is 16.5. The number of aryl methyl sites for hydroxylation is 1. The topological polar surface area (TPSA) is 4.93 Å². The van der Waals surface area contributed by atoms with E-state index in [-0.39, 0.29) is 0 Å². The van der Waals surface area contributed by atoms with Crippen molar-refractivity contribution >= 4 is 22.5 Å². The van der Waals surface area contributed by atoms with Crippen molar-refractivity contribution in [3.8, 4) is 11.1 Å². The number of rotatable bonds is 1. The van der Waals surface area contributed by atoms with Crippen molar-refractivity contribution in [3.05, 3.63) is 59.8 Å². The minimum absolute atomic E-state index is 0.794. The molecule has 0 aliphatic rings. The molecular weight excluding hydrogens is 230 g/mol. The first-order valence-corrected chi connectivity index (χ1v) is 5.93. The average molecular weight is 242 g/mol. The maximum Gasteiger partial charge on any atom is 0.0484 e. The molecule has 0 amide bonds. The van der Waals surface area contributed by atoms with Gasteiger partial charge in [-0.1, -0.05) is 35.9 Å². The first kappa shape index (κ1) is 10.4. The van der Waals surface area contributed by atoms with Gasteiger partial charge in [-0.25, -0.2) is 0 Å². The van der Waals surface area contributed by atoms with Crippen LogP contribution in [0.5, 0.6) is 0 Å². The van der Waals surface area contributed by atoms with Gasteiger partial charge < -0.3 is 4.57 Å². The fraction of sp³-hybridized carbons (Fsp3) is 0.0667. The van der Waals surface area contributed by atoms with Gasteiger partial charge in [0.15, 0.2) is 0 Å². The highest BCUT2D eigenvalue weighted by Crippen LogP contribution is 2.30. The fourth-order valence-electron chi connectivity index (χ4n) is 2.14. The Morgan fingerprint density at radius 3 is 2.65 bits per heavy atom. The van der Waals surface area contributed by atoms with Crippen LogP contribution in [0.4, 0.5) is 0 Å². The Bertz CT molecular complexity index is 682. The van der Waals surface area contributed by atoms with Crippen LogP contribution in [-0.2, 0) is 7.05 Å². The quantitative estimate of drug-likeness (QED) is 0.591. The van der Waals surface area contributed by atoms with Crippen molar-refractivity contribution in [2.45, 2.75) is 0 Å². The second kappa shape index (κ2) is 3.94. The molecule has 0 unspecified atom stereocenters. The third kappa shape index (κ3) is 1.73. The molecule has 84 valence electrons. The molecule has 1 heterocycles. The summed E-state index contributed by atoms with van der Waals surface area (Å²) < 4.78 is 2.12. The normalized spacial score (nSPS) is 10.9. The summed E-state index contributed by atoms with van der Waals surface area (Å²) in [6.45, 7) is 0. The largest absolute Gasteiger partial charge is 0.351 e. The number of halogens is 1. The van der Waals surface area contributed by atoms with E-state index >= 15 is 0 Å². The van der Waals surface area contributed by atoms with Gasteiger partial charge in [-0.3, -0.25) is 0 Å². The highest BCUT2D eigenvalue weighted by molar-refractivity contribution is 6.33. The van der Waals surface area contributed by atoms with Crippen LogP contribution in [-0.4, -0.2) is 4.57 Å². The van der Waals surface area contributed by atoms with E-state index in [0.29, 0.717) is 0 Å². The summed E-state index contributed by atoms with van der Waals surface area (Å²) in [7, 11) is 2.05. The third-order valence-corrected chi connectivity index (χ3v) is 3.40.